The quantitative estimate of drug-likeness (QED) is 0.525. The number of nitrogens with zero attached hydrogens (tertiary/aromatic N) is 2. The third-order valence-corrected chi connectivity index (χ3v) is 7.16. The summed E-state index contributed by atoms with van der Waals surface area (Å²) in [6, 6.07) is 13.7. The number of rotatable bonds is 8. The van der Waals surface area contributed by atoms with E-state index in [1.165, 1.54) is 6.20 Å². The fraction of sp³-hybridized carbons (Fsp3) is 0.333. The number of nitrogens with one attached hydrogen (secondary N) is 1. The average Bonchev–Trinajstić information content (AvgIpc) is 3.20. The van der Waals surface area contributed by atoms with Crippen molar-refractivity contribution in [3.8, 4) is 5.75 Å². The maximum absolute atomic E-state index is 13.2. The van der Waals surface area contributed by atoms with Crippen LogP contribution in [0.1, 0.15) is 6.92 Å². The first-order chi connectivity index (χ1) is 16.4. The molecule has 4 rings (SSSR count). The van der Waals surface area contributed by atoms with Crippen molar-refractivity contribution in [2.24, 2.45) is 0 Å². The van der Waals surface area contributed by atoms with Gasteiger partial charge in [0.05, 0.1) is 24.7 Å². The van der Waals surface area contributed by atoms with Gasteiger partial charge in [0.1, 0.15) is 18.0 Å². The Bertz CT molecular complexity index is 1280. The summed E-state index contributed by atoms with van der Waals surface area (Å²) in [5.74, 6) is -0.815. The van der Waals surface area contributed by atoms with Crippen molar-refractivity contribution in [2.75, 3.05) is 44.0 Å². The Balaban J connectivity index is 1.52. The van der Waals surface area contributed by atoms with Crippen molar-refractivity contribution in [2.45, 2.75) is 18.4 Å². The van der Waals surface area contributed by atoms with Crippen molar-refractivity contribution in [3.63, 3.8) is 0 Å². The molecule has 0 unspecified atom stereocenters. The molecule has 2 amide bonds. The van der Waals surface area contributed by atoms with Crippen LogP contribution in [0.15, 0.2) is 59.6 Å². The van der Waals surface area contributed by atoms with Crippen LogP contribution < -0.4 is 10.1 Å². The Morgan fingerprint density at radius 3 is 2.47 bits per heavy atom. The standard InChI is InChI=1S/C24H27N3O6S/c1-2-33-19-9-7-18(8-10-19)25-23(28)17-34(30,31)22-15-27(21-6-4-3-5-20(21)22)16-24(29)26-11-13-32-14-12-26/h3-10,15H,2,11-14,16-17H2,1H3,(H,25,28). The molecule has 3 aromatic rings. The third-order valence-electron chi connectivity index (χ3n) is 5.53. The minimum atomic E-state index is -3.97. The molecule has 0 atom stereocenters. The summed E-state index contributed by atoms with van der Waals surface area (Å²) in [5, 5.41) is 3.09. The highest BCUT2D eigenvalue weighted by atomic mass is 32.2. The lowest BCUT2D eigenvalue weighted by Gasteiger charge is -2.27. The molecule has 180 valence electrons. The molecule has 1 aromatic heterocycles. The number of sulfone groups is 1. The third kappa shape index (κ3) is 5.40. The van der Waals surface area contributed by atoms with E-state index >= 15 is 0 Å². The fourth-order valence-electron chi connectivity index (χ4n) is 3.90. The van der Waals surface area contributed by atoms with Gasteiger partial charge in [-0.1, -0.05) is 18.2 Å². The minimum Gasteiger partial charge on any atom is -0.494 e. The summed E-state index contributed by atoms with van der Waals surface area (Å²) in [6.45, 7) is 4.40. The van der Waals surface area contributed by atoms with Crippen molar-refractivity contribution < 1.29 is 27.5 Å². The molecule has 34 heavy (non-hydrogen) atoms. The summed E-state index contributed by atoms with van der Waals surface area (Å²) in [4.78, 5) is 27.0. The number of ether oxygens (including phenoxy) is 2. The highest BCUT2D eigenvalue weighted by molar-refractivity contribution is 7.92. The zero-order valence-corrected chi connectivity index (χ0v) is 19.7. The Kier molecular flexibility index (Phi) is 7.18. The predicted molar refractivity (Wildman–Crippen MR) is 128 cm³/mol. The number of fused-ring (bicyclic) bond motifs is 1. The molecule has 0 spiro atoms. The Hall–Kier alpha value is -3.37. The van der Waals surface area contributed by atoms with Crippen LogP contribution in [-0.4, -0.2) is 68.4 Å². The van der Waals surface area contributed by atoms with Crippen LogP contribution >= 0.6 is 0 Å². The van der Waals surface area contributed by atoms with E-state index in [1.54, 1.807) is 58.0 Å². The van der Waals surface area contributed by atoms with Gasteiger partial charge in [-0.15, -0.1) is 0 Å². The lowest BCUT2D eigenvalue weighted by molar-refractivity contribution is -0.135. The van der Waals surface area contributed by atoms with Gasteiger partial charge in [-0.3, -0.25) is 9.59 Å². The molecule has 1 N–H and O–H groups in total. The van der Waals surface area contributed by atoms with E-state index in [1.807, 2.05) is 6.92 Å². The number of aromatic nitrogens is 1. The first-order valence-corrected chi connectivity index (χ1v) is 12.7. The monoisotopic (exact) mass is 485 g/mol. The molecule has 0 radical (unpaired) electrons. The lowest BCUT2D eigenvalue weighted by atomic mass is 10.2. The SMILES string of the molecule is CCOc1ccc(NC(=O)CS(=O)(=O)c2cn(CC(=O)N3CCOCC3)c3ccccc23)cc1. The topological polar surface area (TPSA) is 107 Å². The maximum Gasteiger partial charge on any atom is 0.242 e. The minimum absolute atomic E-state index is 0.00834. The van der Waals surface area contributed by atoms with Crippen LogP contribution in [0.3, 0.4) is 0 Å². The fourth-order valence-corrected chi connectivity index (χ4v) is 5.27. The molecular weight excluding hydrogens is 458 g/mol. The van der Waals surface area contributed by atoms with Gasteiger partial charge in [-0.25, -0.2) is 8.42 Å². The predicted octanol–water partition coefficient (Wildman–Crippen LogP) is 2.31. The summed E-state index contributed by atoms with van der Waals surface area (Å²) in [5.41, 5.74) is 1.09. The second-order valence-electron chi connectivity index (χ2n) is 7.90. The Labute approximate surface area is 198 Å². The van der Waals surface area contributed by atoms with Crippen LogP contribution in [0.2, 0.25) is 0 Å². The van der Waals surface area contributed by atoms with Gasteiger partial charge in [-0.05, 0) is 37.3 Å². The maximum atomic E-state index is 13.2. The van der Waals surface area contributed by atoms with Gasteiger partial charge in [0.2, 0.25) is 11.8 Å². The molecule has 0 saturated carbocycles. The summed E-state index contributed by atoms with van der Waals surface area (Å²) in [6.07, 6.45) is 1.45. The van der Waals surface area contributed by atoms with Crippen molar-refractivity contribution in [1.82, 2.24) is 9.47 Å². The van der Waals surface area contributed by atoms with Crippen LogP contribution in [0.25, 0.3) is 10.9 Å². The number of morpholine rings is 1. The highest BCUT2D eigenvalue weighted by Crippen LogP contribution is 2.27. The highest BCUT2D eigenvalue weighted by Gasteiger charge is 2.26. The lowest BCUT2D eigenvalue weighted by Crippen LogP contribution is -2.42. The number of benzene rings is 2. The van der Waals surface area contributed by atoms with E-state index in [9.17, 15) is 18.0 Å². The molecule has 1 aliphatic rings. The van der Waals surface area contributed by atoms with E-state index in [-0.39, 0.29) is 17.3 Å². The van der Waals surface area contributed by atoms with Gasteiger partial charge >= 0.3 is 0 Å². The number of anilines is 1. The molecule has 2 heterocycles. The van der Waals surface area contributed by atoms with E-state index in [0.717, 1.165) is 0 Å². The molecule has 0 bridgehead atoms. The van der Waals surface area contributed by atoms with E-state index in [0.29, 0.717) is 55.2 Å². The van der Waals surface area contributed by atoms with Crippen molar-refractivity contribution in [1.29, 1.82) is 0 Å². The molecule has 9 nitrogen and oxygen atoms in total. The number of hydrogen-bond donors (Lipinski definition) is 1. The van der Waals surface area contributed by atoms with Crippen LogP contribution in [0.4, 0.5) is 5.69 Å². The molecule has 2 aromatic carbocycles. The average molecular weight is 486 g/mol. The molecule has 1 saturated heterocycles. The van der Waals surface area contributed by atoms with Crippen LogP contribution in [0, 0.1) is 0 Å². The number of para-hydroxylation sites is 1. The summed E-state index contributed by atoms with van der Waals surface area (Å²) >= 11 is 0. The van der Waals surface area contributed by atoms with E-state index in [4.69, 9.17) is 9.47 Å². The second-order valence-corrected chi connectivity index (χ2v) is 9.85. The zero-order valence-electron chi connectivity index (χ0n) is 18.9. The van der Waals surface area contributed by atoms with E-state index in [2.05, 4.69) is 5.32 Å². The van der Waals surface area contributed by atoms with E-state index < -0.39 is 21.5 Å². The first kappa shape index (κ1) is 23.8. The van der Waals surface area contributed by atoms with Crippen LogP contribution in [0.5, 0.6) is 5.75 Å². The number of carbonyl (C=O) groups is 2. The zero-order chi connectivity index (χ0) is 24.1. The summed E-state index contributed by atoms with van der Waals surface area (Å²) < 4.78 is 38.7. The normalized spacial score (nSPS) is 14.2. The van der Waals surface area contributed by atoms with Gasteiger partial charge in [0, 0.05) is 35.9 Å². The van der Waals surface area contributed by atoms with Gasteiger partial charge in [0.15, 0.2) is 9.84 Å². The molecule has 1 fully saturated rings. The number of carbonyl (C=O) groups excluding carboxylic acids is 2. The van der Waals surface area contributed by atoms with Gasteiger partial charge in [0.25, 0.3) is 0 Å². The molecular formula is C24H27N3O6S. The van der Waals surface area contributed by atoms with Gasteiger partial charge in [-0.2, -0.15) is 0 Å². The number of amides is 2. The molecule has 0 aliphatic carbocycles. The number of hydrogen-bond acceptors (Lipinski definition) is 6. The largest absolute Gasteiger partial charge is 0.494 e. The smallest absolute Gasteiger partial charge is 0.242 e. The van der Waals surface area contributed by atoms with Crippen LogP contribution in [-0.2, 0) is 30.7 Å². The second kappa shape index (κ2) is 10.3. The first-order valence-electron chi connectivity index (χ1n) is 11.1. The molecule has 10 heteroatoms. The summed E-state index contributed by atoms with van der Waals surface area (Å²) in [7, 11) is -3.97. The Morgan fingerprint density at radius 1 is 1.06 bits per heavy atom. The van der Waals surface area contributed by atoms with Crippen molar-refractivity contribution >= 4 is 38.2 Å². The van der Waals surface area contributed by atoms with Gasteiger partial charge < -0.3 is 24.3 Å². The molecule has 1 aliphatic heterocycles. The van der Waals surface area contributed by atoms with Crippen molar-refractivity contribution in [3.05, 3.63) is 54.7 Å². The Morgan fingerprint density at radius 2 is 1.76 bits per heavy atom.